The second-order valence-corrected chi connectivity index (χ2v) is 9.24. The van der Waals surface area contributed by atoms with Gasteiger partial charge in [-0.25, -0.2) is 9.38 Å². The van der Waals surface area contributed by atoms with Gasteiger partial charge in [0.1, 0.15) is 12.1 Å². The van der Waals surface area contributed by atoms with Gasteiger partial charge in [0.05, 0.1) is 18.1 Å². The number of aromatic nitrogens is 1. The summed E-state index contributed by atoms with van der Waals surface area (Å²) in [6.45, 7) is 2.06. The van der Waals surface area contributed by atoms with Crippen molar-refractivity contribution in [1.29, 1.82) is 0 Å². The molecule has 1 aromatic heterocycles. The van der Waals surface area contributed by atoms with Gasteiger partial charge in [-0.2, -0.15) is 0 Å². The first-order chi connectivity index (χ1) is 18.3. The van der Waals surface area contributed by atoms with Crippen molar-refractivity contribution in [3.8, 4) is 0 Å². The molecule has 1 aliphatic rings. The number of aromatic amines is 1. The van der Waals surface area contributed by atoms with Crippen molar-refractivity contribution in [2.45, 2.75) is 77.2 Å². The number of hydrogen-bond donors (Lipinski definition) is 3. The van der Waals surface area contributed by atoms with Crippen molar-refractivity contribution >= 4 is 24.4 Å². The second-order valence-electron chi connectivity index (χ2n) is 9.24. The number of aryl methyl sites for hydroxylation is 2. The first-order valence-corrected chi connectivity index (χ1v) is 13.1. The Morgan fingerprint density at radius 2 is 1.87 bits per heavy atom. The number of halogens is 1. The van der Waals surface area contributed by atoms with Crippen LogP contribution in [0.2, 0.25) is 0 Å². The number of amidine groups is 1. The van der Waals surface area contributed by atoms with Crippen LogP contribution in [0.3, 0.4) is 0 Å². The number of aldehydes is 1. The lowest BCUT2D eigenvalue weighted by molar-refractivity contribution is -0.138. The Labute approximate surface area is 225 Å². The molecule has 1 aromatic carbocycles. The zero-order chi connectivity index (χ0) is 28.2. The summed E-state index contributed by atoms with van der Waals surface area (Å²) < 4.78 is 17.5. The molecule has 4 N–H and O–H groups in total. The van der Waals surface area contributed by atoms with E-state index in [2.05, 4.69) is 21.9 Å². The van der Waals surface area contributed by atoms with Crippen LogP contribution < -0.4 is 5.73 Å². The number of nitrogens with two attached hydrogens (primary N) is 1. The summed E-state index contributed by atoms with van der Waals surface area (Å²) in [7, 11) is 3.42. The average Bonchev–Trinajstić information content (AvgIpc) is 3.40. The lowest BCUT2D eigenvalue weighted by Crippen LogP contribution is -2.10. The molecule has 38 heavy (non-hydrogen) atoms. The van der Waals surface area contributed by atoms with Crippen molar-refractivity contribution in [3.63, 3.8) is 0 Å². The summed E-state index contributed by atoms with van der Waals surface area (Å²) in [5, 5.41) is 8.47. The monoisotopic (exact) mass is 530 g/mol. The Kier molecular flexibility index (Phi) is 17.0. The summed E-state index contributed by atoms with van der Waals surface area (Å²) >= 11 is 0. The molecule has 0 aliphatic heterocycles. The smallest absolute Gasteiger partial charge is 0.303 e. The number of nitrogens with zero attached hydrogens (tertiary/aromatic N) is 2. The number of aliphatic carboxylic acids is 1. The van der Waals surface area contributed by atoms with E-state index in [-0.39, 0.29) is 11.9 Å². The maximum absolute atomic E-state index is 12.3. The fourth-order valence-electron chi connectivity index (χ4n) is 4.03. The third kappa shape index (κ3) is 14.4. The number of nitrogens with one attached hydrogen (secondary N) is 1. The van der Waals surface area contributed by atoms with Gasteiger partial charge in [-0.15, -0.1) is 0 Å². The summed E-state index contributed by atoms with van der Waals surface area (Å²) in [5.74, 6) is 0.219. The number of aliphatic imine (C=N–C) groups is 2. The predicted molar refractivity (Wildman–Crippen MR) is 150 cm³/mol. The third-order valence-corrected chi connectivity index (χ3v) is 6.27. The van der Waals surface area contributed by atoms with Crippen LogP contribution >= 0.6 is 0 Å². The standard InChI is InChI=1S/C12H20N4O.C9H9FO.C8H14O2/c1-9(17-3)4-5-10-6-7-11(16-10)12(14-2)15-8-13;10-9-5-3-8(4-6-9)2-1-7-11;9-8(10)6-7-4-2-1-3-5-7/h6-9,16H,4-5H2,1-3H3,(H2,13,14,15);3-7H,1-2H2;7H,1-6H2,(H,9,10). The summed E-state index contributed by atoms with van der Waals surface area (Å²) in [6.07, 6.45) is 11.9. The number of carboxylic acids is 1. The van der Waals surface area contributed by atoms with Gasteiger partial charge in [0.2, 0.25) is 0 Å². The zero-order valence-corrected chi connectivity index (χ0v) is 22.9. The largest absolute Gasteiger partial charge is 0.481 e. The van der Waals surface area contributed by atoms with E-state index < -0.39 is 5.97 Å². The molecule has 2 aromatic rings. The first-order valence-electron chi connectivity index (χ1n) is 13.1. The molecule has 1 saturated carbocycles. The molecule has 1 aliphatic carbocycles. The van der Waals surface area contributed by atoms with Gasteiger partial charge < -0.3 is 25.4 Å². The highest BCUT2D eigenvalue weighted by Crippen LogP contribution is 2.25. The summed E-state index contributed by atoms with van der Waals surface area (Å²) in [5.41, 5.74) is 8.30. The van der Waals surface area contributed by atoms with E-state index >= 15 is 0 Å². The Balaban J connectivity index is 0.000000299. The predicted octanol–water partition coefficient (Wildman–Crippen LogP) is 5.34. The highest BCUT2D eigenvalue weighted by molar-refractivity contribution is 6.01. The van der Waals surface area contributed by atoms with Crippen LogP contribution in [-0.4, -0.2) is 54.8 Å². The van der Waals surface area contributed by atoms with Gasteiger partial charge in [0, 0.05) is 32.7 Å². The molecule has 8 nitrogen and oxygen atoms in total. The molecule has 0 bridgehead atoms. The van der Waals surface area contributed by atoms with Gasteiger partial charge in [-0.05, 0) is 74.8 Å². The van der Waals surface area contributed by atoms with Crippen molar-refractivity contribution in [3.05, 3.63) is 59.2 Å². The number of benzene rings is 1. The average molecular weight is 531 g/mol. The van der Waals surface area contributed by atoms with E-state index in [4.69, 9.17) is 15.6 Å². The minimum atomic E-state index is -0.632. The van der Waals surface area contributed by atoms with Gasteiger partial charge >= 0.3 is 5.97 Å². The van der Waals surface area contributed by atoms with E-state index in [1.54, 1.807) is 26.3 Å². The fraction of sp³-hybridized carbons (Fsp3) is 0.517. The van der Waals surface area contributed by atoms with Crippen LogP contribution in [0.1, 0.15) is 75.2 Å². The minimum Gasteiger partial charge on any atom is -0.481 e. The Hall–Kier alpha value is -3.33. The maximum atomic E-state index is 12.3. The fourth-order valence-corrected chi connectivity index (χ4v) is 4.03. The molecule has 210 valence electrons. The van der Waals surface area contributed by atoms with E-state index in [1.807, 2.05) is 12.1 Å². The molecule has 1 unspecified atom stereocenters. The molecule has 1 atom stereocenters. The third-order valence-electron chi connectivity index (χ3n) is 6.27. The zero-order valence-electron chi connectivity index (χ0n) is 22.9. The number of carboxylic acid groups (broad SMARTS) is 1. The highest BCUT2D eigenvalue weighted by atomic mass is 19.1. The number of carbonyl (C=O) groups is 2. The molecule has 0 spiro atoms. The van der Waals surface area contributed by atoms with Crippen LogP contribution in [0.5, 0.6) is 0 Å². The number of ether oxygens (including phenoxy) is 1. The Morgan fingerprint density at radius 3 is 2.42 bits per heavy atom. The molecule has 3 rings (SSSR count). The lowest BCUT2D eigenvalue weighted by Gasteiger charge is -2.18. The van der Waals surface area contributed by atoms with Gasteiger partial charge in [-0.3, -0.25) is 9.79 Å². The van der Waals surface area contributed by atoms with Crippen molar-refractivity contribution in [2.24, 2.45) is 21.6 Å². The second kappa shape index (κ2) is 19.7. The van der Waals surface area contributed by atoms with E-state index in [9.17, 15) is 14.0 Å². The molecule has 9 heteroatoms. The Morgan fingerprint density at radius 1 is 1.18 bits per heavy atom. The number of carbonyl (C=O) groups excluding carboxylic acids is 1. The number of methoxy groups -OCH3 is 1. The summed E-state index contributed by atoms with van der Waals surface area (Å²) in [6, 6.07) is 10.2. The molecule has 1 fully saturated rings. The van der Waals surface area contributed by atoms with Crippen molar-refractivity contribution < 1.29 is 23.8 Å². The van der Waals surface area contributed by atoms with Gasteiger partial charge in [0.25, 0.3) is 0 Å². The van der Waals surface area contributed by atoms with E-state index in [0.717, 1.165) is 48.9 Å². The Bertz CT molecular complexity index is 983. The quantitative estimate of drug-likeness (QED) is 0.217. The first kappa shape index (κ1) is 32.7. The molecular formula is C29H43FN4O4. The van der Waals surface area contributed by atoms with E-state index in [1.165, 1.54) is 37.7 Å². The van der Waals surface area contributed by atoms with Crippen LogP contribution in [0.25, 0.3) is 0 Å². The minimum absolute atomic E-state index is 0.236. The van der Waals surface area contributed by atoms with E-state index in [0.29, 0.717) is 31.0 Å². The number of rotatable bonds is 10. The number of hydrogen-bond acceptors (Lipinski definition) is 4. The lowest BCUT2D eigenvalue weighted by atomic mass is 9.87. The van der Waals surface area contributed by atoms with Crippen molar-refractivity contribution in [1.82, 2.24) is 4.98 Å². The number of H-pyrrole nitrogens is 1. The van der Waals surface area contributed by atoms with Gasteiger partial charge in [-0.1, -0.05) is 31.4 Å². The van der Waals surface area contributed by atoms with Crippen LogP contribution in [0.15, 0.2) is 46.4 Å². The molecule has 0 amide bonds. The summed E-state index contributed by atoms with van der Waals surface area (Å²) in [4.78, 5) is 31.6. The topological polar surface area (TPSA) is 130 Å². The molecule has 0 saturated heterocycles. The normalized spacial score (nSPS) is 14.7. The van der Waals surface area contributed by atoms with Crippen LogP contribution in [0.4, 0.5) is 4.39 Å². The molecule has 1 heterocycles. The van der Waals surface area contributed by atoms with Crippen LogP contribution in [0, 0.1) is 11.7 Å². The molecular weight excluding hydrogens is 487 g/mol. The van der Waals surface area contributed by atoms with Crippen molar-refractivity contribution in [2.75, 3.05) is 14.2 Å². The molecule has 0 radical (unpaired) electrons. The SMILES string of the molecule is CN=C(N=CN)c1ccc(CCC(C)OC)[nH]1.O=C(O)CC1CCCCC1.O=CCCc1ccc(F)cc1. The maximum Gasteiger partial charge on any atom is 0.303 e. The van der Waals surface area contributed by atoms with Gasteiger partial charge in [0.15, 0.2) is 5.84 Å². The van der Waals surface area contributed by atoms with Crippen LogP contribution in [-0.2, 0) is 27.2 Å². The highest BCUT2D eigenvalue weighted by Gasteiger charge is 2.15.